The van der Waals surface area contributed by atoms with Crippen LogP contribution in [0.25, 0.3) is 0 Å². The van der Waals surface area contributed by atoms with Crippen LogP contribution in [-0.2, 0) is 22.8 Å². The molecule has 0 aliphatic rings. The van der Waals surface area contributed by atoms with Crippen LogP contribution >= 0.6 is 0 Å². The third kappa shape index (κ3) is 4.06. The van der Waals surface area contributed by atoms with Gasteiger partial charge in [-0.1, -0.05) is 13.8 Å². The zero-order valence-corrected chi connectivity index (χ0v) is 12.2. The van der Waals surface area contributed by atoms with E-state index in [4.69, 9.17) is 5.73 Å². The summed E-state index contributed by atoms with van der Waals surface area (Å²) in [5.41, 5.74) is 5.93. The molecule has 0 saturated carbocycles. The highest BCUT2D eigenvalue weighted by Crippen LogP contribution is 2.09. The molecule has 0 spiro atoms. The standard InChI is InChI=1S/C11H22N4O2S/c1-8(2)6-15-11(13-7-14-15)5-10(12)9(3)18(4,16)17/h7-10H,5-6,12H2,1-4H3. The molecule has 1 aromatic rings. The van der Waals surface area contributed by atoms with E-state index in [9.17, 15) is 8.42 Å². The van der Waals surface area contributed by atoms with Crippen molar-refractivity contribution in [2.75, 3.05) is 6.26 Å². The monoisotopic (exact) mass is 274 g/mol. The lowest BCUT2D eigenvalue weighted by Gasteiger charge is -2.18. The Morgan fingerprint density at radius 3 is 2.50 bits per heavy atom. The van der Waals surface area contributed by atoms with Crippen molar-refractivity contribution in [2.45, 2.75) is 45.0 Å². The third-order valence-electron chi connectivity index (χ3n) is 2.93. The van der Waals surface area contributed by atoms with Crippen molar-refractivity contribution < 1.29 is 8.42 Å². The summed E-state index contributed by atoms with van der Waals surface area (Å²) in [5.74, 6) is 1.20. The molecule has 2 atom stereocenters. The first-order valence-electron chi connectivity index (χ1n) is 6.03. The fourth-order valence-corrected chi connectivity index (χ4v) is 2.37. The highest BCUT2D eigenvalue weighted by atomic mass is 32.2. The zero-order valence-electron chi connectivity index (χ0n) is 11.4. The zero-order chi connectivity index (χ0) is 13.9. The topological polar surface area (TPSA) is 90.9 Å². The lowest BCUT2D eigenvalue weighted by Crippen LogP contribution is -2.40. The van der Waals surface area contributed by atoms with E-state index in [0.717, 1.165) is 12.4 Å². The molecule has 1 heterocycles. The molecule has 2 unspecified atom stereocenters. The molecule has 0 amide bonds. The maximum Gasteiger partial charge on any atom is 0.151 e. The van der Waals surface area contributed by atoms with Gasteiger partial charge in [0.15, 0.2) is 9.84 Å². The Kier molecular flexibility index (Phi) is 4.86. The summed E-state index contributed by atoms with van der Waals surface area (Å²) in [6.07, 6.45) is 3.10. The molecule has 0 radical (unpaired) electrons. The summed E-state index contributed by atoms with van der Waals surface area (Å²) < 4.78 is 24.7. The van der Waals surface area contributed by atoms with E-state index in [1.807, 2.05) is 0 Å². The average Bonchev–Trinajstić information content (AvgIpc) is 2.62. The average molecular weight is 274 g/mol. The summed E-state index contributed by atoms with van der Waals surface area (Å²) in [7, 11) is -3.12. The molecular formula is C11H22N4O2S. The summed E-state index contributed by atoms with van der Waals surface area (Å²) in [6, 6.07) is -0.463. The number of aromatic nitrogens is 3. The Morgan fingerprint density at radius 1 is 1.39 bits per heavy atom. The van der Waals surface area contributed by atoms with Gasteiger partial charge in [-0.25, -0.2) is 18.1 Å². The lowest BCUT2D eigenvalue weighted by atomic mass is 10.1. The molecule has 2 N–H and O–H groups in total. The van der Waals surface area contributed by atoms with Crippen LogP contribution in [0.15, 0.2) is 6.33 Å². The van der Waals surface area contributed by atoms with Crippen LogP contribution in [0.1, 0.15) is 26.6 Å². The maximum atomic E-state index is 11.4. The minimum atomic E-state index is -3.12. The first-order chi connectivity index (χ1) is 8.21. The minimum Gasteiger partial charge on any atom is -0.326 e. The van der Waals surface area contributed by atoms with Gasteiger partial charge in [0.05, 0.1) is 5.25 Å². The molecule has 6 nitrogen and oxygen atoms in total. The Hall–Kier alpha value is -0.950. The van der Waals surface area contributed by atoms with Gasteiger partial charge in [-0.2, -0.15) is 5.10 Å². The predicted molar refractivity (Wildman–Crippen MR) is 70.8 cm³/mol. The van der Waals surface area contributed by atoms with Gasteiger partial charge in [0.25, 0.3) is 0 Å². The van der Waals surface area contributed by atoms with E-state index in [1.165, 1.54) is 12.6 Å². The van der Waals surface area contributed by atoms with Gasteiger partial charge in [-0.05, 0) is 12.8 Å². The van der Waals surface area contributed by atoms with E-state index < -0.39 is 21.1 Å². The SMILES string of the molecule is CC(C)Cn1ncnc1CC(N)C(C)S(C)(=O)=O. The molecule has 0 saturated heterocycles. The van der Waals surface area contributed by atoms with Crippen LogP contribution in [-0.4, -0.2) is 40.7 Å². The second-order valence-electron chi connectivity index (χ2n) is 5.15. The molecular weight excluding hydrogens is 252 g/mol. The van der Waals surface area contributed by atoms with Crippen LogP contribution in [0, 0.1) is 5.92 Å². The molecule has 0 aliphatic carbocycles. The van der Waals surface area contributed by atoms with Gasteiger partial charge >= 0.3 is 0 Å². The van der Waals surface area contributed by atoms with Crippen LogP contribution < -0.4 is 5.73 Å². The summed E-state index contributed by atoms with van der Waals surface area (Å²) in [4.78, 5) is 4.15. The number of hydrogen-bond donors (Lipinski definition) is 1. The number of hydrogen-bond acceptors (Lipinski definition) is 5. The number of sulfone groups is 1. The van der Waals surface area contributed by atoms with Gasteiger partial charge in [0.2, 0.25) is 0 Å². The largest absolute Gasteiger partial charge is 0.326 e. The molecule has 18 heavy (non-hydrogen) atoms. The lowest BCUT2D eigenvalue weighted by molar-refractivity contribution is 0.455. The van der Waals surface area contributed by atoms with Gasteiger partial charge < -0.3 is 5.73 Å². The maximum absolute atomic E-state index is 11.4. The Labute approximate surface area is 109 Å². The fraction of sp³-hybridized carbons (Fsp3) is 0.818. The Bertz CT molecular complexity index is 481. The van der Waals surface area contributed by atoms with Crippen molar-refractivity contribution in [3.63, 3.8) is 0 Å². The second-order valence-corrected chi connectivity index (χ2v) is 7.56. The highest BCUT2D eigenvalue weighted by Gasteiger charge is 2.24. The van der Waals surface area contributed by atoms with Crippen molar-refractivity contribution in [1.29, 1.82) is 0 Å². The van der Waals surface area contributed by atoms with Crippen LogP contribution in [0.5, 0.6) is 0 Å². The van der Waals surface area contributed by atoms with E-state index in [2.05, 4.69) is 23.9 Å². The van der Waals surface area contributed by atoms with Crippen molar-refractivity contribution in [1.82, 2.24) is 14.8 Å². The first kappa shape index (κ1) is 15.1. The molecule has 1 aromatic heterocycles. The normalized spacial score (nSPS) is 15.9. The van der Waals surface area contributed by atoms with Gasteiger partial charge in [0, 0.05) is 25.3 Å². The summed E-state index contributed by atoms with van der Waals surface area (Å²) in [5, 5.41) is 3.55. The summed E-state index contributed by atoms with van der Waals surface area (Å²) in [6.45, 7) is 6.56. The molecule has 0 aromatic carbocycles. The molecule has 0 aliphatic heterocycles. The van der Waals surface area contributed by atoms with Gasteiger partial charge in [-0.15, -0.1) is 0 Å². The second kappa shape index (κ2) is 5.79. The Morgan fingerprint density at radius 2 is 2.00 bits per heavy atom. The van der Waals surface area contributed by atoms with E-state index >= 15 is 0 Å². The third-order valence-corrected chi connectivity index (χ3v) is 4.63. The van der Waals surface area contributed by atoms with Gasteiger partial charge in [-0.3, -0.25) is 0 Å². The van der Waals surface area contributed by atoms with Crippen molar-refractivity contribution in [3.8, 4) is 0 Å². The molecule has 0 fully saturated rings. The smallest absolute Gasteiger partial charge is 0.151 e. The highest BCUT2D eigenvalue weighted by molar-refractivity contribution is 7.91. The van der Waals surface area contributed by atoms with Crippen molar-refractivity contribution in [3.05, 3.63) is 12.2 Å². The quantitative estimate of drug-likeness (QED) is 0.802. The predicted octanol–water partition coefficient (Wildman–Crippen LogP) is 0.237. The number of rotatable bonds is 6. The summed E-state index contributed by atoms with van der Waals surface area (Å²) >= 11 is 0. The molecule has 7 heteroatoms. The first-order valence-corrected chi connectivity index (χ1v) is 7.98. The van der Waals surface area contributed by atoms with Crippen molar-refractivity contribution in [2.24, 2.45) is 11.7 Å². The van der Waals surface area contributed by atoms with Gasteiger partial charge in [0.1, 0.15) is 12.2 Å². The molecule has 0 bridgehead atoms. The molecule has 1 rings (SSSR count). The van der Waals surface area contributed by atoms with Crippen LogP contribution in [0.3, 0.4) is 0 Å². The van der Waals surface area contributed by atoms with Crippen molar-refractivity contribution >= 4 is 9.84 Å². The molecule has 104 valence electrons. The van der Waals surface area contributed by atoms with E-state index in [-0.39, 0.29) is 0 Å². The number of nitrogens with zero attached hydrogens (tertiary/aromatic N) is 3. The van der Waals surface area contributed by atoms with Crippen LogP contribution in [0.4, 0.5) is 0 Å². The number of nitrogens with two attached hydrogens (primary N) is 1. The Balaban J connectivity index is 2.76. The fourth-order valence-electron chi connectivity index (χ4n) is 1.64. The van der Waals surface area contributed by atoms with E-state index in [0.29, 0.717) is 12.3 Å². The minimum absolute atomic E-state index is 0.418. The van der Waals surface area contributed by atoms with Crippen LogP contribution in [0.2, 0.25) is 0 Å². The van der Waals surface area contributed by atoms with E-state index in [1.54, 1.807) is 11.6 Å².